The van der Waals surface area contributed by atoms with Gasteiger partial charge >= 0.3 is 6.18 Å². The highest BCUT2D eigenvalue weighted by atomic mass is 32.1. The van der Waals surface area contributed by atoms with E-state index in [0.717, 1.165) is 37.3 Å². The number of hydrogen-bond donors (Lipinski definition) is 3. The summed E-state index contributed by atoms with van der Waals surface area (Å²) in [5.74, 6) is -1.35. The van der Waals surface area contributed by atoms with E-state index in [1.54, 1.807) is 36.5 Å². The van der Waals surface area contributed by atoms with E-state index in [1.165, 1.54) is 23.3 Å². The molecule has 2 amide bonds. The molecule has 1 aliphatic heterocycles. The molecule has 0 bridgehead atoms. The maximum absolute atomic E-state index is 12.7. The number of amides is 2. The van der Waals surface area contributed by atoms with E-state index in [9.17, 15) is 32.8 Å². The Morgan fingerprint density at radius 2 is 1.90 bits per heavy atom. The Labute approximate surface area is 226 Å². The highest BCUT2D eigenvalue weighted by molar-refractivity contribution is 7.07. The fourth-order valence-electron chi connectivity index (χ4n) is 3.79. The lowest BCUT2D eigenvalue weighted by Gasteiger charge is -2.25. The quantitative estimate of drug-likeness (QED) is 0.335. The first-order chi connectivity index (χ1) is 18.6. The zero-order chi connectivity index (χ0) is 28.4. The highest BCUT2D eigenvalue weighted by Crippen LogP contribution is 2.16. The Bertz CT molecular complexity index is 1500. The summed E-state index contributed by atoms with van der Waals surface area (Å²) in [5, 5.41) is 16.7. The molecule has 2 heterocycles. The molecule has 1 aliphatic rings. The molecule has 0 spiro atoms. The summed E-state index contributed by atoms with van der Waals surface area (Å²) in [5.41, 5.74) is 5.35. The van der Waals surface area contributed by atoms with Crippen LogP contribution in [0.4, 0.5) is 24.5 Å². The lowest BCUT2D eigenvalue weighted by atomic mass is 10.1. The van der Waals surface area contributed by atoms with E-state index in [1.807, 2.05) is 0 Å². The van der Waals surface area contributed by atoms with Crippen LogP contribution in [0.25, 0.3) is 11.5 Å². The first-order valence-corrected chi connectivity index (χ1v) is 13.0. The number of aromatic nitrogens is 1. The van der Waals surface area contributed by atoms with Crippen molar-refractivity contribution in [1.29, 1.82) is 5.26 Å². The number of thiazole rings is 1. The van der Waals surface area contributed by atoms with E-state index < -0.39 is 29.8 Å². The molecular formula is C26H27F3N6O3S. The second-order valence-corrected chi connectivity index (χ2v) is 9.59. The molecule has 1 fully saturated rings. The number of nitrogens with zero attached hydrogens (tertiary/aromatic N) is 3. The number of anilines is 2. The molecule has 1 aromatic carbocycles. The van der Waals surface area contributed by atoms with Crippen LogP contribution in [-0.4, -0.2) is 53.6 Å². The van der Waals surface area contributed by atoms with Crippen LogP contribution in [0.3, 0.4) is 0 Å². The number of benzene rings is 1. The Morgan fingerprint density at radius 3 is 2.56 bits per heavy atom. The van der Waals surface area contributed by atoms with Gasteiger partial charge in [0.1, 0.15) is 21.8 Å². The molecule has 0 atom stereocenters. The molecule has 2 aromatic rings. The molecule has 3 N–H and O–H groups in total. The molecule has 1 aromatic heterocycles. The number of nitrogens with one attached hydrogen (secondary N) is 3. The molecule has 39 heavy (non-hydrogen) atoms. The van der Waals surface area contributed by atoms with Gasteiger partial charge in [0.25, 0.3) is 11.5 Å². The number of rotatable bonds is 8. The van der Waals surface area contributed by atoms with Crippen LogP contribution in [0.2, 0.25) is 0 Å². The fraction of sp³-hybridized carbons (Fsp3) is 0.385. The monoisotopic (exact) mass is 560 g/mol. The molecule has 0 saturated carbocycles. The summed E-state index contributed by atoms with van der Waals surface area (Å²) < 4.78 is 38.6. The molecule has 1 saturated heterocycles. The lowest BCUT2D eigenvalue weighted by molar-refractivity contribution is -0.136. The first kappa shape index (κ1) is 29.5. The third-order valence-electron chi connectivity index (χ3n) is 5.62. The summed E-state index contributed by atoms with van der Waals surface area (Å²) in [6.07, 6.45) is 0.137. The standard InChI is InChI=1S/C26H27F3N6O3S/c1-2-35-23(13-18(15-30)24(37)32-17-26(27,28)29)39-21(25(35)38)9-10-31-19-7-6-8-20(14-19)33-22(36)16-34-11-4-3-5-12-34/h6-8,10,14,31H,2-5,11-12,16-17H2,1H3,(H,32,37)(H,33,36). The van der Waals surface area contributed by atoms with Crippen LogP contribution >= 0.6 is 11.3 Å². The van der Waals surface area contributed by atoms with E-state index in [2.05, 4.69) is 27.0 Å². The van der Waals surface area contributed by atoms with Crippen LogP contribution in [0.5, 0.6) is 0 Å². The molecule has 13 heteroatoms. The maximum Gasteiger partial charge on any atom is 0.405 e. The predicted molar refractivity (Wildman–Crippen MR) is 142 cm³/mol. The van der Waals surface area contributed by atoms with Crippen molar-refractivity contribution in [2.45, 2.75) is 38.9 Å². The number of hydrogen-bond acceptors (Lipinski definition) is 7. The maximum atomic E-state index is 12.7. The van der Waals surface area contributed by atoms with Gasteiger partial charge in [0.05, 0.1) is 6.54 Å². The van der Waals surface area contributed by atoms with Gasteiger partial charge in [-0.3, -0.25) is 23.9 Å². The molecule has 9 nitrogen and oxygen atoms in total. The predicted octanol–water partition coefficient (Wildman–Crippen LogP) is 1.87. The summed E-state index contributed by atoms with van der Waals surface area (Å²) in [7, 11) is 0. The lowest BCUT2D eigenvalue weighted by Crippen LogP contribution is -2.36. The molecular weight excluding hydrogens is 533 g/mol. The third-order valence-corrected chi connectivity index (χ3v) is 6.64. The van der Waals surface area contributed by atoms with Gasteiger partial charge in [-0.1, -0.05) is 35.3 Å². The van der Waals surface area contributed by atoms with Crippen molar-refractivity contribution in [2.75, 3.05) is 36.8 Å². The van der Waals surface area contributed by atoms with Crippen molar-refractivity contribution in [2.24, 2.45) is 0 Å². The van der Waals surface area contributed by atoms with Gasteiger partial charge in [-0.25, -0.2) is 0 Å². The second kappa shape index (κ2) is 13.6. The van der Waals surface area contributed by atoms with Gasteiger partial charge in [0.15, 0.2) is 5.57 Å². The van der Waals surface area contributed by atoms with Crippen LogP contribution in [0.1, 0.15) is 26.2 Å². The number of likely N-dealkylation sites (tertiary alicyclic amines) is 1. The van der Waals surface area contributed by atoms with Crippen molar-refractivity contribution in [3.63, 3.8) is 0 Å². The summed E-state index contributed by atoms with van der Waals surface area (Å²) in [4.78, 5) is 39.2. The van der Waals surface area contributed by atoms with Crippen LogP contribution in [-0.2, 0) is 16.1 Å². The first-order valence-electron chi connectivity index (χ1n) is 12.2. The van der Waals surface area contributed by atoms with E-state index in [4.69, 9.17) is 0 Å². The van der Waals surface area contributed by atoms with Crippen molar-refractivity contribution in [3.05, 3.63) is 55.6 Å². The van der Waals surface area contributed by atoms with Gasteiger partial charge in [0, 0.05) is 24.1 Å². The van der Waals surface area contributed by atoms with Crippen LogP contribution in [0.15, 0.2) is 40.8 Å². The minimum Gasteiger partial charge on any atom is -0.355 e. The SMILES string of the molecule is CCn1c(=C=C(C#N)C(=O)NCC(F)(F)F)sc(=C=CNc2cccc(NC(=O)CN3CCCCC3)c2)c1=O. The number of halogens is 3. The van der Waals surface area contributed by atoms with Crippen LogP contribution in [0, 0.1) is 11.3 Å². The second-order valence-electron chi connectivity index (χ2n) is 8.59. The van der Waals surface area contributed by atoms with E-state index >= 15 is 0 Å². The van der Waals surface area contributed by atoms with Crippen molar-refractivity contribution >= 4 is 46.0 Å². The largest absolute Gasteiger partial charge is 0.405 e. The molecule has 206 valence electrons. The Morgan fingerprint density at radius 1 is 1.18 bits per heavy atom. The Balaban J connectivity index is 1.80. The summed E-state index contributed by atoms with van der Waals surface area (Å²) >= 11 is 0.880. The highest BCUT2D eigenvalue weighted by Gasteiger charge is 2.28. The average molecular weight is 561 g/mol. The Kier molecular flexibility index (Phi) is 10.3. The zero-order valence-corrected chi connectivity index (χ0v) is 22.0. The normalized spacial score (nSPS) is 13.4. The smallest absolute Gasteiger partial charge is 0.355 e. The summed E-state index contributed by atoms with van der Waals surface area (Å²) in [6, 6.07) is 8.53. The Hall–Kier alpha value is -4.07. The average Bonchev–Trinajstić information content (AvgIpc) is 3.19. The van der Waals surface area contributed by atoms with Crippen molar-refractivity contribution < 1.29 is 22.8 Å². The van der Waals surface area contributed by atoms with Crippen LogP contribution < -0.4 is 30.7 Å². The molecule has 0 unspecified atom stereocenters. The number of nitriles is 1. The van der Waals surface area contributed by atoms with Gasteiger partial charge in [-0.2, -0.15) is 18.4 Å². The third kappa shape index (κ3) is 9.02. The van der Waals surface area contributed by atoms with Gasteiger partial charge in [-0.15, -0.1) is 0 Å². The van der Waals surface area contributed by atoms with Crippen molar-refractivity contribution in [3.8, 4) is 6.07 Å². The number of carbonyl (C=O) groups excluding carboxylic acids is 2. The number of piperidine rings is 1. The molecule has 0 aliphatic carbocycles. The minimum absolute atomic E-state index is 0.0931. The van der Waals surface area contributed by atoms with E-state index in [-0.39, 0.29) is 21.6 Å². The van der Waals surface area contributed by atoms with Gasteiger partial charge < -0.3 is 16.0 Å². The number of carbonyl (C=O) groups is 2. The summed E-state index contributed by atoms with van der Waals surface area (Å²) in [6.45, 7) is 2.40. The number of alkyl halides is 3. The van der Waals surface area contributed by atoms with Gasteiger partial charge in [-0.05, 0) is 51.1 Å². The van der Waals surface area contributed by atoms with E-state index in [0.29, 0.717) is 17.9 Å². The zero-order valence-electron chi connectivity index (χ0n) is 21.2. The van der Waals surface area contributed by atoms with Crippen molar-refractivity contribution in [1.82, 2.24) is 14.8 Å². The topological polar surface area (TPSA) is 119 Å². The molecule has 0 radical (unpaired) electrons. The fourth-order valence-corrected chi connectivity index (χ4v) is 4.77. The minimum atomic E-state index is -4.64. The van der Waals surface area contributed by atoms with Gasteiger partial charge in [0.2, 0.25) is 5.91 Å². The molecule has 3 rings (SSSR count).